The summed E-state index contributed by atoms with van der Waals surface area (Å²) in [5, 5.41) is 0. The largest absolute Gasteiger partial charge is 0.373 e. The monoisotopic (exact) mass is 282 g/mol. The Bertz CT molecular complexity index is 587. The van der Waals surface area contributed by atoms with Crippen LogP contribution in [0.4, 0.5) is 0 Å². The van der Waals surface area contributed by atoms with Gasteiger partial charge in [0.1, 0.15) is 0 Å². The van der Waals surface area contributed by atoms with Crippen molar-refractivity contribution < 1.29 is 17.9 Å². The van der Waals surface area contributed by atoms with Gasteiger partial charge in [-0.2, -0.15) is 0 Å². The average molecular weight is 282 g/mol. The lowest BCUT2D eigenvalue weighted by atomic mass is 10.1. The van der Waals surface area contributed by atoms with Crippen LogP contribution in [0, 0.1) is 0 Å². The van der Waals surface area contributed by atoms with Gasteiger partial charge in [0.15, 0.2) is 9.84 Å². The van der Waals surface area contributed by atoms with E-state index in [4.69, 9.17) is 4.74 Å². The first-order valence-electron chi connectivity index (χ1n) is 6.10. The highest BCUT2D eigenvalue weighted by Crippen LogP contribution is 2.25. The number of aromatic nitrogens is 1. The molecule has 1 aromatic heterocycles. The zero-order chi connectivity index (χ0) is 13.5. The Hall–Kier alpha value is -1.47. The average Bonchev–Trinajstić information content (AvgIpc) is 2.72. The molecular formula is C12H14N2O4S. The second kappa shape index (κ2) is 4.57. The molecule has 6 nitrogen and oxygen atoms in total. The van der Waals surface area contributed by atoms with E-state index in [0.29, 0.717) is 18.7 Å². The maximum atomic E-state index is 12.4. The van der Waals surface area contributed by atoms with Gasteiger partial charge < -0.3 is 9.64 Å². The van der Waals surface area contributed by atoms with E-state index >= 15 is 0 Å². The molecule has 1 aromatic rings. The Morgan fingerprint density at radius 2 is 2.05 bits per heavy atom. The van der Waals surface area contributed by atoms with Crippen LogP contribution in [0.5, 0.6) is 0 Å². The molecule has 1 amide bonds. The Kier molecular flexibility index (Phi) is 3.02. The number of carbonyl (C=O) groups is 1. The summed E-state index contributed by atoms with van der Waals surface area (Å²) in [4.78, 5) is 17.9. The van der Waals surface area contributed by atoms with E-state index in [2.05, 4.69) is 4.98 Å². The molecule has 2 fully saturated rings. The first-order valence-corrected chi connectivity index (χ1v) is 7.92. The van der Waals surface area contributed by atoms with Crippen molar-refractivity contribution in [2.45, 2.75) is 12.1 Å². The van der Waals surface area contributed by atoms with E-state index < -0.39 is 9.84 Å². The summed E-state index contributed by atoms with van der Waals surface area (Å²) >= 11 is 0. The maximum Gasteiger partial charge on any atom is 0.254 e. The number of fused-ring (bicyclic) bond motifs is 1. The zero-order valence-electron chi connectivity index (χ0n) is 10.2. The normalized spacial score (nSPS) is 28.9. The van der Waals surface area contributed by atoms with Crippen LogP contribution in [0.1, 0.15) is 10.4 Å². The van der Waals surface area contributed by atoms with Gasteiger partial charge in [0.05, 0.1) is 30.3 Å². The Morgan fingerprint density at radius 1 is 1.32 bits per heavy atom. The summed E-state index contributed by atoms with van der Waals surface area (Å²) in [6.07, 6.45) is 2.72. The molecule has 2 aliphatic heterocycles. The third-order valence-corrected chi connectivity index (χ3v) is 5.21. The minimum absolute atomic E-state index is 0.00547. The fraction of sp³-hybridized carbons (Fsp3) is 0.500. The number of carbonyl (C=O) groups excluding carboxylic acids is 1. The lowest BCUT2D eigenvalue weighted by molar-refractivity contribution is -0.0361. The first kappa shape index (κ1) is 12.6. The molecule has 102 valence electrons. The highest BCUT2D eigenvalue weighted by molar-refractivity contribution is 7.91. The molecule has 0 aromatic carbocycles. The Labute approximate surface area is 111 Å². The van der Waals surface area contributed by atoms with Crippen molar-refractivity contribution in [3.63, 3.8) is 0 Å². The van der Waals surface area contributed by atoms with Gasteiger partial charge in [0.25, 0.3) is 5.91 Å². The van der Waals surface area contributed by atoms with Crippen LogP contribution in [-0.4, -0.2) is 61.0 Å². The standard InChI is InChI=1S/C12H14N2O4S/c15-12(9-1-3-13-4-2-9)14-5-6-18-11-8-19(16,17)7-10(11)14/h1-4,10-11H,5-8H2. The van der Waals surface area contributed by atoms with Gasteiger partial charge in [0.2, 0.25) is 0 Å². The van der Waals surface area contributed by atoms with Crippen LogP contribution in [0.25, 0.3) is 0 Å². The number of nitrogens with zero attached hydrogens (tertiary/aromatic N) is 2. The summed E-state index contributed by atoms with van der Waals surface area (Å²) in [5.74, 6) is -0.149. The molecule has 7 heteroatoms. The van der Waals surface area contributed by atoms with Crippen LogP contribution in [0.2, 0.25) is 0 Å². The van der Waals surface area contributed by atoms with Gasteiger partial charge in [-0.05, 0) is 12.1 Å². The fourth-order valence-corrected chi connectivity index (χ4v) is 4.50. The van der Waals surface area contributed by atoms with Crippen molar-refractivity contribution in [1.82, 2.24) is 9.88 Å². The summed E-state index contributed by atoms with van der Waals surface area (Å²) in [6, 6.07) is 2.91. The molecular weight excluding hydrogens is 268 g/mol. The first-order chi connectivity index (χ1) is 9.07. The maximum absolute atomic E-state index is 12.4. The second-order valence-corrected chi connectivity index (χ2v) is 6.94. The number of pyridine rings is 1. The fourth-order valence-electron chi connectivity index (χ4n) is 2.63. The molecule has 0 aliphatic carbocycles. The molecule has 19 heavy (non-hydrogen) atoms. The number of hydrogen-bond acceptors (Lipinski definition) is 5. The van der Waals surface area contributed by atoms with Crippen molar-refractivity contribution in [2.75, 3.05) is 24.7 Å². The lowest BCUT2D eigenvalue weighted by Gasteiger charge is -2.36. The van der Waals surface area contributed by atoms with Crippen LogP contribution in [0.3, 0.4) is 0 Å². The molecule has 2 unspecified atom stereocenters. The Balaban J connectivity index is 1.87. The lowest BCUT2D eigenvalue weighted by Crippen LogP contribution is -2.53. The Morgan fingerprint density at radius 3 is 2.79 bits per heavy atom. The molecule has 0 spiro atoms. The number of rotatable bonds is 1. The van der Waals surface area contributed by atoms with E-state index in [1.54, 1.807) is 29.4 Å². The molecule has 2 atom stereocenters. The SMILES string of the molecule is O=C(c1ccncc1)N1CCOC2CS(=O)(=O)CC21. The van der Waals surface area contributed by atoms with E-state index in [1.165, 1.54) is 0 Å². The van der Waals surface area contributed by atoms with Crippen LogP contribution in [-0.2, 0) is 14.6 Å². The molecule has 2 aliphatic rings. The number of ether oxygens (including phenoxy) is 1. The van der Waals surface area contributed by atoms with E-state index in [-0.39, 0.29) is 29.6 Å². The predicted octanol–water partition coefficient (Wildman–Crippen LogP) is -0.280. The zero-order valence-corrected chi connectivity index (χ0v) is 11.0. The highest BCUT2D eigenvalue weighted by atomic mass is 32.2. The minimum atomic E-state index is -3.11. The molecule has 0 saturated carbocycles. The molecule has 3 rings (SSSR count). The van der Waals surface area contributed by atoms with Gasteiger partial charge in [-0.25, -0.2) is 8.42 Å². The van der Waals surface area contributed by atoms with Crippen LogP contribution in [0.15, 0.2) is 24.5 Å². The summed E-state index contributed by atoms with van der Waals surface area (Å²) in [6.45, 7) is 0.811. The van der Waals surface area contributed by atoms with Crippen LogP contribution < -0.4 is 0 Å². The molecule has 0 radical (unpaired) electrons. The number of hydrogen-bond donors (Lipinski definition) is 0. The van der Waals surface area contributed by atoms with Gasteiger partial charge in [-0.3, -0.25) is 9.78 Å². The topological polar surface area (TPSA) is 76.6 Å². The van der Waals surface area contributed by atoms with Crippen molar-refractivity contribution in [1.29, 1.82) is 0 Å². The van der Waals surface area contributed by atoms with Crippen molar-refractivity contribution in [2.24, 2.45) is 0 Å². The smallest absolute Gasteiger partial charge is 0.254 e. The third-order valence-electron chi connectivity index (χ3n) is 3.52. The van der Waals surface area contributed by atoms with Crippen molar-refractivity contribution in [3.05, 3.63) is 30.1 Å². The molecule has 2 saturated heterocycles. The van der Waals surface area contributed by atoms with Gasteiger partial charge in [-0.1, -0.05) is 0 Å². The number of amides is 1. The molecule has 0 bridgehead atoms. The third kappa shape index (κ3) is 2.35. The van der Waals surface area contributed by atoms with E-state index in [1.807, 2.05) is 0 Å². The van der Waals surface area contributed by atoms with Crippen molar-refractivity contribution >= 4 is 15.7 Å². The van der Waals surface area contributed by atoms with Crippen molar-refractivity contribution in [3.8, 4) is 0 Å². The quantitative estimate of drug-likeness (QED) is 0.708. The van der Waals surface area contributed by atoms with Crippen LogP contribution >= 0.6 is 0 Å². The van der Waals surface area contributed by atoms with Gasteiger partial charge >= 0.3 is 0 Å². The highest BCUT2D eigenvalue weighted by Gasteiger charge is 2.45. The summed E-state index contributed by atoms with van der Waals surface area (Å²) in [5.41, 5.74) is 0.528. The van der Waals surface area contributed by atoms with Gasteiger partial charge in [-0.15, -0.1) is 0 Å². The second-order valence-electron chi connectivity index (χ2n) is 4.79. The predicted molar refractivity (Wildman–Crippen MR) is 67.5 cm³/mol. The molecule has 3 heterocycles. The summed E-state index contributed by atoms with van der Waals surface area (Å²) < 4.78 is 28.8. The van der Waals surface area contributed by atoms with E-state index in [9.17, 15) is 13.2 Å². The van der Waals surface area contributed by atoms with E-state index in [0.717, 1.165) is 0 Å². The number of sulfone groups is 1. The summed E-state index contributed by atoms with van der Waals surface area (Å²) in [7, 11) is -3.11. The number of morpholine rings is 1. The minimum Gasteiger partial charge on any atom is -0.373 e. The van der Waals surface area contributed by atoms with Gasteiger partial charge in [0, 0.05) is 24.5 Å². The molecule has 0 N–H and O–H groups in total.